The average molecular weight is 203 g/mol. The van der Waals surface area contributed by atoms with Gasteiger partial charge in [-0.2, -0.15) is 11.8 Å². The molecule has 0 saturated carbocycles. The first-order valence-corrected chi connectivity index (χ1v) is 6.32. The van der Waals surface area contributed by atoms with Crippen LogP contribution in [0.15, 0.2) is 4.99 Å². The molecule has 0 radical (unpaired) electrons. The number of nitrogens with zero attached hydrogens (tertiary/aromatic N) is 1. The van der Waals surface area contributed by atoms with E-state index in [1.165, 1.54) is 11.8 Å². The van der Waals surface area contributed by atoms with Gasteiger partial charge in [-0.15, -0.1) is 0 Å². The molecule has 1 unspecified atom stereocenters. The molecule has 0 aromatic carbocycles. The molecule has 0 saturated heterocycles. The molecule has 1 heterocycles. The van der Waals surface area contributed by atoms with Crippen LogP contribution in [0.2, 0.25) is 0 Å². The van der Waals surface area contributed by atoms with Crippen molar-refractivity contribution >= 4 is 34.4 Å². The molecule has 12 heavy (non-hydrogen) atoms. The van der Waals surface area contributed by atoms with Crippen LogP contribution >= 0.6 is 23.5 Å². The van der Waals surface area contributed by atoms with Crippen molar-refractivity contribution in [3.8, 4) is 0 Å². The maximum atomic E-state index is 11.3. The Bertz CT molecular complexity index is 203. The van der Waals surface area contributed by atoms with E-state index in [-0.39, 0.29) is 10.5 Å². The van der Waals surface area contributed by atoms with Crippen molar-refractivity contribution in [3.63, 3.8) is 0 Å². The van der Waals surface area contributed by atoms with Gasteiger partial charge in [-0.1, -0.05) is 18.7 Å². The molecule has 4 heteroatoms. The van der Waals surface area contributed by atoms with Crippen LogP contribution in [-0.4, -0.2) is 28.2 Å². The predicted molar refractivity (Wildman–Crippen MR) is 57.1 cm³/mol. The number of hydrogen-bond donors (Lipinski definition) is 0. The Balaban J connectivity index is 2.45. The standard InChI is InChI=1S/C8H13NOS2/c1-3-7-9-6(4-5-11-2)8(10)12-7/h7H,3-5H2,1-2H3. The molecule has 0 aliphatic carbocycles. The molecule has 68 valence electrons. The smallest absolute Gasteiger partial charge is 0.235 e. The van der Waals surface area contributed by atoms with Crippen molar-refractivity contribution in [2.75, 3.05) is 12.0 Å². The van der Waals surface area contributed by atoms with Crippen LogP contribution in [0.3, 0.4) is 0 Å². The van der Waals surface area contributed by atoms with Crippen molar-refractivity contribution in [3.05, 3.63) is 0 Å². The Morgan fingerprint density at radius 1 is 1.67 bits per heavy atom. The molecule has 1 aliphatic heterocycles. The highest BCUT2D eigenvalue weighted by atomic mass is 32.2. The zero-order valence-electron chi connectivity index (χ0n) is 7.37. The molecule has 0 bridgehead atoms. The largest absolute Gasteiger partial charge is 0.280 e. The normalized spacial score (nSPS) is 23.0. The summed E-state index contributed by atoms with van der Waals surface area (Å²) in [7, 11) is 0. The van der Waals surface area contributed by atoms with Crippen LogP contribution in [0.25, 0.3) is 0 Å². The second kappa shape index (κ2) is 4.92. The van der Waals surface area contributed by atoms with Crippen LogP contribution in [0.1, 0.15) is 19.8 Å². The molecule has 2 nitrogen and oxygen atoms in total. The fourth-order valence-corrected chi connectivity index (χ4v) is 2.27. The van der Waals surface area contributed by atoms with Gasteiger partial charge in [-0.3, -0.25) is 9.79 Å². The minimum Gasteiger partial charge on any atom is -0.280 e. The van der Waals surface area contributed by atoms with Crippen LogP contribution in [0.4, 0.5) is 0 Å². The Morgan fingerprint density at radius 3 is 2.92 bits per heavy atom. The Hall–Kier alpha value is 0.0400. The van der Waals surface area contributed by atoms with E-state index in [2.05, 4.69) is 11.9 Å². The second-order valence-electron chi connectivity index (χ2n) is 2.59. The second-order valence-corrected chi connectivity index (χ2v) is 4.72. The Labute approximate surface area is 81.6 Å². The topological polar surface area (TPSA) is 29.4 Å². The van der Waals surface area contributed by atoms with Crippen molar-refractivity contribution < 1.29 is 4.79 Å². The van der Waals surface area contributed by atoms with Gasteiger partial charge in [0.25, 0.3) is 0 Å². The maximum Gasteiger partial charge on any atom is 0.235 e. The highest BCUT2D eigenvalue weighted by Crippen LogP contribution is 2.25. The predicted octanol–water partition coefficient (Wildman–Crippen LogP) is 2.19. The molecule has 0 aromatic rings. The van der Waals surface area contributed by atoms with Crippen molar-refractivity contribution in [1.29, 1.82) is 0 Å². The van der Waals surface area contributed by atoms with E-state index in [0.717, 1.165) is 24.3 Å². The molecule has 0 N–H and O–H groups in total. The summed E-state index contributed by atoms with van der Waals surface area (Å²) in [6, 6.07) is 0. The van der Waals surface area contributed by atoms with Gasteiger partial charge in [-0.05, 0) is 18.4 Å². The van der Waals surface area contributed by atoms with Gasteiger partial charge in [0.05, 0.1) is 5.71 Å². The third-order valence-corrected chi connectivity index (χ3v) is 3.44. The zero-order chi connectivity index (χ0) is 8.97. The van der Waals surface area contributed by atoms with Crippen molar-refractivity contribution in [1.82, 2.24) is 0 Å². The zero-order valence-corrected chi connectivity index (χ0v) is 9.00. The highest BCUT2D eigenvalue weighted by Gasteiger charge is 2.24. The van der Waals surface area contributed by atoms with E-state index < -0.39 is 0 Å². The van der Waals surface area contributed by atoms with E-state index in [9.17, 15) is 4.79 Å². The fourth-order valence-electron chi connectivity index (χ4n) is 0.984. The molecule has 0 amide bonds. The SMILES string of the molecule is CCC1N=C(CCSC)C(=O)S1. The molecular weight excluding hydrogens is 190 g/mol. The fraction of sp³-hybridized carbons (Fsp3) is 0.750. The third-order valence-electron chi connectivity index (χ3n) is 1.67. The van der Waals surface area contributed by atoms with Crippen LogP contribution in [-0.2, 0) is 4.79 Å². The van der Waals surface area contributed by atoms with Gasteiger partial charge in [-0.25, -0.2) is 0 Å². The molecular formula is C8H13NOS2. The monoisotopic (exact) mass is 203 g/mol. The van der Waals surface area contributed by atoms with Crippen LogP contribution < -0.4 is 0 Å². The number of hydrogen-bond acceptors (Lipinski definition) is 4. The van der Waals surface area contributed by atoms with E-state index in [0.29, 0.717) is 0 Å². The van der Waals surface area contributed by atoms with Crippen LogP contribution in [0.5, 0.6) is 0 Å². The summed E-state index contributed by atoms with van der Waals surface area (Å²) < 4.78 is 0. The molecule has 1 rings (SSSR count). The average Bonchev–Trinajstić information content (AvgIpc) is 2.43. The van der Waals surface area contributed by atoms with E-state index in [1.807, 2.05) is 6.26 Å². The summed E-state index contributed by atoms with van der Waals surface area (Å²) in [5.41, 5.74) is 0.793. The van der Waals surface area contributed by atoms with E-state index in [1.54, 1.807) is 11.8 Å². The molecule has 1 aliphatic rings. The summed E-state index contributed by atoms with van der Waals surface area (Å²) in [6.07, 6.45) is 3.84. The number of rotatable bonds is 4. The maximum absolute atomic E-state index is 11.3. The van der Waals surface area contributed by atoms with E-state index in [4.69, 9.17) is 0 Å². The van der Waals surface area contributed by atoms with Crippen LogP contribution in [0, 0.1) is 0 Å². The minimum absolute atomic E-state index is 0.191. The van der Waals surface area contributed by atoms with Gasteiger partial charge in [0, 0.05) is 6.42 Å². The number of aliphatic imine (C=N–C) groups is 1. The summed E-state index contributed by atoms with van der Waals surface area (Å²) in [6.45, 7) is 2.06. The van der Waals surface area contributed by atoms with Gasteiger partial charge in [0.1, 0.15) is 5.37 Å². The van der Waals surface area contributed by atoms with Crippen molar-refractivity contribution in [2.24, 2.45) is 4.99 Å². The third kappa shape index (κ3) is 2.52. The Kier molecular flexibility index (Phi) is 4.15. The first kappa shape index (κ1) is 10.1. The van der Waals surface area contributed by atoms with E-state index >= 15 is 0 Å². The first-order chi connectivity index (χ1) is 5.77. The lowest BCUT2D eigenvalue weighted by molar-refractivity contribution is -0.105. The van der Waals surface area contributed by atoms with Crippen molar-refractivity contribution in [2.45, 2.75) is 25.1 Å². The van der Waals surface area contributed by atoms with Gasteiger partial charge in [0.2, 0.25) is 5.12 Å². The lowest BCUT2D eigenvalue weighted by Gasteiger charge is -1.95. The molecule has 0 spiro atoms. The number of carbonyl (C=O) groups is 1. The Morgan fingerprint density at radius 2 is 2.42 bits per heavy atom. The lowest BCUT2D eigenvalue weighted by atomic mass is 10.3. The lowest BCUT2D eigenvalue weighted by Crippen LogP contribution is -2.05. The highest BCUT2D eigenvalue weighted by molar-refractivity contribution is 8.16. The quantitative estimate of drug-likeness (QED) is 0.701. The van der Waals surface area contributed by atoms with Gasteiger partial charge >= 0.3 is 0 Å². The summed E-state index contributed by atoms with van der Waals surface area (Å²) in [5, 5.41) is 0.394. The summed E-state index contributed by atoms with van der Waals surface area (Å²) >= 11 is 3.13. The summed E-state index contributed by atoms with van der Waals surface area (Å²) in [4.78, 5) is 15.6. The number of thioether (sulfide) groups is 2. The summed E-state index contributed by atoms with van der Waals surface area (Å²) in [5.74, 6) is 1.00. The molecule has 0 fully saturated rings. The van der Waals surface area contributed by atoms with Gasteiger partial charge < -0.3 is 0 Å². The minimum atomic E-state index is 0.191. The first-order valence-electron chi connectivity index (χ1n) is 4.04. The molecule has 0 aromatic heterocycles. The number of carbonyl (C=O) groups excluding carboxylic acids is 1. The molecule has 1 atom stereocenters. The van der Waals surface area contributed by atoms with Gasteiger partial charge in [0.15, 0.2) is 0 Å².